The van der Waals surface area contributed by atoms with E-state index in [9.17, 15) is 0 Å². The van der Waals surface area contributed by atoms with Crippen LogP contribution in [0.3, 0.4) is 0 Å². The van der Waals surface area contributed by atoms with Crippen LogP contribution < -0.4 is 5.32 Å². The maximum absolute atomic E-state index is 3.34. The van der Waals surface area contributed by atoms with Gasteiger partial charge in [0.2, 0.25) is 0 Å². The summed E-state index contributed by atoms with van der Waals surface area (Å²) in [4.78, 5) is 0. The zero-order chi connectivity index (χ0) is 16.0. The summed E-state index contributed by atoms with van der Waals surface area (Å²) in [5.41, 5.74) is 4.13. The largest absolute Gasteiger partial charge is 0.314 e. The Kier molecular flexibility index (Phi) is 15.2. The number of likely N-dealkylation sites (N-methyl/N-ethyl adjacent to an activating group) is 1. The van der Waals surface area contributed by atoms with Crippen molar-refractivity contribution in [3.05, 3.63) is 47.0 Å². The lowest BCUT2D eigenvalue weighted by atomic mass is 10.0. The molecule has 0 bridgehead atoms. The summed E-state index contributed by atoms with van der Waals surface area (Å²) in [5.74, 6) is 0. The van der Waals surface area contributed by atoms with Crippen molar-refractivity contribution in [1.82, 2.24) is 5.32 Å². The summed E-state index contributed by atoms with van der Waals surface area (Å²) in [7, 11) is 2.03. The summed E-state index contributed by atoms with van der Waals surface area (Å²) >= 11 is 0. The standard InChI is InChI=1S/C15H23N.2C2H6/c1-12(2)11-15(16-4)10-9-14-7-5-13(3)6-8-14;2*1-2/h5-8,11,15-16H,9-10H2,1-4H3;2*1-2H3. The molecule has 1 unspecified atom stereocenters. The molecule has 0 amide bonds. The van der Waals surface area contributed by atoms with E-state index in [-0.39, 0.29) is 0 Å². The highest BCUT2D eigenvalue weighted by molar-refractivity contribution is 5.21. The Balaban J connectivity index is 0. The number of nitrogens with one attached hydrogen (secondary N) is 1. The van der Waals surface area contributed by atoms with Crippen LogP contribution in [0.15, 0.2) is 35.9 Å². The Hall–Kier alpha value is -1.08. The highest BCUT2D eigenvalue weighted by atomic mass is 14.9. The van der Waals surface area contributed by atoms with Gasteiger partial charge in [-0.25, -0.2) is 0 Å². The summed E-state index contributed by atoms with van der Waals surface area (Å²) in [6.07, 6.45) is 4.59. The van der Waals surface area contributed by atoms with Gasteiger partial charge in [0.1, 0.15) is 0 Å². The predicted molar refractivity (Wildman–Crippen MR) is 94.5 cm³/mol. The Morgan fingerprint density at radius 1 is 1.05 bits per heavy atom. The van der Waals surface area contributed by atoms with Crippen LogP contribution in [-0.4, -0.2) is 13.1 Å². The van der Waals surface area contributed by atoms with Gasteiger partial charge in [0.15, 0.2) is 0 Å². The number of benzene rings is 1. The van der Waals surface area contributed by atoms with Gasteiger partial charge in [-0.05, 0) is 46.2 Å². The molecule has 116 valence electrons. The zero-order valence-corrected chi connectivity index (χ0v) is 14.9. The number of allylic oxidation sites excluding steroid dienone is 1. The minimum absolute atomic E-state index is 0.492. The topological polar surface area (TPSA) is 12.0 Å². The average Bonchev–Trinajstić information content (AvgIpc) is 2.49. The molecule has 0 aliphatic rings. The van der Waals surface area contributed by atoms with Crippen LogP contribution in [0.1, 0.15) is 59.1 Å². The Labute approximate surface area is 127 Å². The van der Waals surface area contributed by atoms with Gasteiger partial charge >= 0.3 is 0 Å². The molecule has 1 nitrogen and oxygen atoms in total. The van der Waals surface area contributed by atoms with Crippen molar-refractivity contribution in [3.8, 4) is 0 Å². The van der Waals surface area contributed by atoms with E-state index in [1.54, 1.807) is 0 Å². The molecule has 1 aromatic rings. The minimum atomic E-state index is 0.492. The van der Waals surface area contributed by atoms with Gasteiger partial charge in [-0.1, -0.05) is 69.2 Å². The molecule has 0 spiro atoms. The fourth-order valence-corrected chi connectivity index (χ4v) is 1.79. The quantitative estimate of drug-likeness (QED) is 0.697. The Bertz CT molecular complexity index is 331. The minimum Gasteiger partial charge on any atom is -0.314 e. The number of hydrogen-bond acceptors (Lipinski definition) is 1. The molecule has 0 aliphatic heterocycles. The van der Waals surface area contributed by atoms with Gasteiger partial charge in [-0.3, -0.25) is 0 Å². The first-order valence-electron chi connectivity index (χ1n) is 7.99. The highest BCUT2D eigenvalue weighted by Crippen LogP contribution is 2.08. The molecule has 0 radical (unpaired) electrons. The predicted octanol–water partition coefficient (Wildman–Crippen LogP) is 5.53. The van der Waals surface area contributed by atoms with Crippen molar-refractivity contribution in [1.29, 1.82) is 0 Å². The fourth-order valence-electron chi connectivity index (χ4n) is 1.79. The number of aryl methyl sites for hydroxylation is 2. The lowest BCUT2D eigenvalue weighted by Crippen LogP contribution is -2.23. The summed E-state index contributed by atoms with van der Waals surface area (Å²) in [5, 5.41) is 3.34. The fraction of sp³-hybridized carbons (Fsp3) is 0.579. The van der Waals surface area contributed by atoms with Gasteiger partial charge in [-0.15, -0.1) is 0 Å². The van der Waals surface area contributed by atoms with Gasteiger partial charge in [-0.2, -0.15) is 0 Å². The van der Waals surface area contributed by atoms with Crippen molar-refractivity contribution < 1.29 is 0 Å². The van der Waals surface area contributed by atoms with Gasteiger partial charge in [0.05, 0.1) is 0 Å². The first-order valence-corrected chi connectivity index (χ1v) is 7.99. The SMILES string of the molecule is CC.CC.CNC(C=C(C)C)CCc1ccc(C)cc1. The van der Waals surface area contributed by atoms with E-state index < -0.39 is 0 Å². The van der Waals surface area contributed by atoms with Gasteiger partial charge in [0.25, 0.3) is 0 Å². The number of hydrogen-bond donors (Lipinski definition) is 1. The van der Waals surface area contributed by atoms with Crippen LogP contribution in [0.2, 0.25) is 0 Å². The summed E-state index contributed by atoms with van der Waals surface area (Å²) in [6.45, 7) is 14.4. The molecule has 1 heteroatoms. The van der Waals surface area contributed by atoms with E-state index in [1.807, 2.05) is 34.7 Å². The molecule has 1 rings (SSSR count). The molecular formula is C19H35N. The molecular weight excluding hydrogens is 242 g/mol. The average molecular weight is 277 g/mol. The van der Waals surface area contributed by atoms with Crippen molar-refractivity contribution >= 4 is 0 Å². The van der Waals surface area contributed by atoms with Crippen molar-refractivity contribution in [2.45, 2.75) is 67.3 Å². The third-order valence-corrected chi connectivity index (χ3v) is 2.77. The van der Waals surface area contributed by atoms with Crippen LogP contribution >= 0.6 is 0 Å². The van der Waals surface area contributed by atoms with Gasteiger partial charge < -0.3 is 5.32 Å². The van der Waals surface area contributed by atoms with E-state index >= 15 is 0 Å². The molecule has 20 heavy (non-hydrogen) atoms. The summed E-state index contributed by atoms with van der Waals surface area (Å²) < 4.78 is 0. The second kappa shape index (κ2) is 14.3. The Morgan fingerprint density at radius 2 is 1.55 bits per heavy atom. The summed E-state index contributed by atoms with van der Waals surface area (Å²) in [6, 6.07) is 9.32. The van der Waals surface area contributed by atoms with E-state index in [0.717, 1.165) is 12.8 Å². The zero-order valence-electron chi connectivity index (χ0n) is 14.9. The highest BCUT2D eigenvalue weighted by Gasteiger charge is 2.02. The van der Waals surface area contributed by atoms with E-state index in [4.69, 9.17) is 0 Å². The molecule has 1 N–H and O–H groups in total. The molecule has 0 heterocycles. The molecule has 1 atom stereocenters. The van der Waals surface area contributed by atoms with Crippen molar-refractivity contribution in [3.63, 3.8) is 0 Å². The first kappa shape index (κ1) is 21.2. The molecule has 0 fully saturated rings. The van der Waals surface area contributed by atoms with Crippen molar-refractivity contribution in [2.75, 3.05) is 7.05 Å². The second-order valence-electron chi connectivity index (χ2n) is 4.66. The van der Waals surface area contributed by atoms with Crippen molar-refractivity contribution in [2.24, 2.45) is 0 Å². The van der Waals surface area contributed by atoms with Gasteiger partial charge in [0, 0.05) is 6.04 Å². The lowest BCUT2D eigenvalue weighted by molar-refractivity contribution is 0.611. The van der Waals surface area contributed by atoms with E-state index in [2.05, 4.69) is 56.4 Å². The van der Waals surface area contributed by atoms with Crippen LogP contribution in [0.4, 0.5) is 0 Å². The molecule has 0 aliphatic carbocycles. The van der Waals surface area contributed by atoms with E-state index in [0.29, 0.717) is 6.04 Å². The Morgan fingerprint density at radius 3 is 1.95 bits per heavy atom. The van der Waals surface area contributed by atoms with E-state index in [1.165, 1.54) is 16.7 Å². The monoisotopic (exact) mass is 277 g/mol. The maximum atomic E-state index is 3.34. The number of rotatable bonds is 5. The second-order valence-corrected chi connectivity index (χ2v) is 4.66. The smallest absolute Gasteiger partial charge is 0.0252 e. The normalized spacial score (nSPS) is 10.4. The molecule has 1 aromatic carbocycles. The maximum Gasteiger partial charge on any atom is 0.0252 e. The third kappa shape index (κ3) is 10.8. The molecule has 0 saturated carbocycles. The third-order valence-electron chi connectivity index (χ3n) is 2.77. The molecule has 0 aromatic heterocycles. The van der Waals surface area contributed by atoms with Crippen LogP contribution in [0.5, 0.6) is 0 Å². The van der Waals surface area contributed by atoms with Crippen LogP contribution in [0, 0.1) is 6.92 Å². The molecule has 0 saturated heterocycles. The first-order chi connectivity index (χ1) is 9.61. The van der Waals surface area contributed by atoms with Crippen LogP contribution in [0.25, 0.3) is 0 Å². The lowest BCUT2D eigenvalue weighted by Gasteiger charge is -2.12. The van der Waals surface area contributed by atoms with Crippen LogP contribution in [-0.2, 0) is 6.42 Å².